The third kappa shape index (κ3) is 3.97. The van der Waals surface area contributed by atoms with Gasteiger partial charge >= 0.3 is 0 Å². The normalized spacial score (nSPS) is 14.8. The van der Waals surface area contributed by atoms with Gasteiger partial charge in [-0.25, -0.2) is 0 Å². The number of furan rings is 1. The Morgan fingerprint density at radius 2 is 1.96 bits per heavy atom. The molecular weight excluding hydrogens is 302 g/mol. The molecule has 0 bridgehead atoms. The summed E-state index contributed by atoms with van der Waals surface area (Å²) in [7, 11) is 0. The minimum atomic E-state index is -0.217. The molecule has 0 atom stereocenters. The molecule has 1 aromatic carbocycles. The molecule has 1 aliphatic heterocycles. The first-order valence-electron chi connectivity index (χ1n) is 8.62. The van der Waals surface area contributed by atoms with Gasteiger partial charge in [-0.3, -0.25) is 9.69 Å². The highest BCUT2D eigenvalue weighted by atomic mass is 16.4. The van der Waals surface area contributed by atoms with Gasteiger partial charge in [0.25, 0.3) is 5.91 Å². The van der Waals surface area contributed by atoms with Crippen LogP contribution >= 0.6 is 0 Å². The molecule has 3 rings (SSSR count). The van der Waals surface area contributed by atoms with Crippen molar-refractivity contribution >= 4 is 17.3 Å². The van der Waals surface area contributed by atoms with Crippen LogP contribution in [-0.2, 0) is 6.54 Å². The van der Waals surface area contributed by atoms with E-state index in [2.05, 4.69) is 15.5 Å². The Bertz CT molecular complexity index is 702. The third-order valence-corrected chi connectivity index (χ3v) is 4.25. The molecule has 24 heavy (non-hydrogen) atoms. The molecule has 1 amide bonds. The fraction of sp³-hybridized carbons (Fsp3) is 0.421. The van der Waals surface area contributed by atoms with Crippen molar-refractivity contribution in [3.63, 3.8) is 0 Å². The predicted molar refractivity (Wildman–Crippen MR) is 96.5 cm³/mol. The van der Waals surface area contributed by atoms with Crippen molar-refractivity contribution in [1.82, 2.24) is 4.90 Å². The van der Waals surface area contributed by atoms with Gasteiger partial charge in [-0.1, -0.05) is 6.07 Å². The van der Waals surface area contributed by atoms with Crippen LogP contribution in [0.4, 0.5) is 11.4 Å². The van der Waals surface area contributed by atoms with Crippen molar-refractivity contribution in [3.8, 4) is 0 Å². The van der Waals surface area contributed by atoms with Crippen LogP contribution in [0.15, 0.2) is 34.7 Å². The number of hydrogen-bond donors (Lipinski definition) is 2. The summed E-state index contributed by atoms with van der Waals surface area (Å²) in [6, 6.07) is 9.58. The van der Waals surface area contributed by atoms with E-state index in [4.69, 9.17) is 4.42 Å². The lowest BCUT2D eigenvalue weighted by Crippen LogP contribution is -2.18. The number of carbonyl (C=O) groups is 1. The number of carbonyl (C=O) groups excluding carboxylic acids is 1. The molecule has 1 aliphatic rings. The molecule has 2 N–H and O–H groups in total. The van der Waals surface area contributed by atoms with Gasteiger partial charge in [0.2, 0.25) is 0 Å². The molecular formula is C19H25N3O2. The number of aryl methyl sites for hydroxylation is 1. The van der Waals surface area contributed by atoms with Crippen molar-refractivity contribution in [1.29, 1.82) is 0 Å². The first-order valence-corrected chi connectivity index (χ1v) is 8.62. The largest absolute Gasteiger partial charge is 0.455 e. The van der Waals surface area contributed by atoms with Crippen LogP contribution in [0.5, 0.6) is 0 Å². The van der Waals surface area contributed by atoms with Crippen molar-refractivity contribution in [3.05, 3.63) is 47.4 Å². The quantitative estimate of drug-likeness (QED) is 0.846. The van der Waals surface area contributed by atoms with E-state index in [9.17, 15) is 4.79 Å². The van der Waals surface area contributed by atoms with Gasteiger partial charge in [0.15, 0.2) is 5.76 Å². The molecule has 5 nitrogen and oxygen atoms in total. The van der Waals surface area contributed by atoms with E-state index >= 15 is 0 Å². The van der Waals surface area contributed by atoms with Crippen LogP contribution < -0.4 is 10.6 Å². The lowest BCUT2D eigenvalue weighted by Gasteiger charge is -2.13. The van der Waals surface area contributed by atoms with Gasteiger partial charge in [-0.05, 0) is 69.6 Å². The summed E-state index contributed by atoms with van der Waals surface area (Å²) >= 11 is 0. The Balaban J connectivity index is 1.67. The van der Waals surface area contributed by atoms with Gasteiger partial charge in [-0.15, -0.1) is 0 Å². The molecule has 0 unspecified atom stereocenters. The Labute approximate surface area is 143 Å². The number of anilines is 2. The van der Waals surface area contributed by atoms with Gasteiger partial charge in [0, 0.05) is 6.54 Å². The molecule has 1 aromatic heterocycles. The molecule has 0 radical (unpaired) electrons. The second-order valence-electron chi connectivity index (χ2n) is 6.28. The van der Waals surface area contributed by atoms with Crippen LogP contribution in [0.25, 0.3) is 0 Å². The number of nitrogens with zero attached hydrogens (tertiary/aromatic N) is 1. The van der Waals surface area contributed by atoms with Crippen molar-refractivity contribution in [2.24, 2.45) is 0 Å². The third-order valence-electron chi connectivity index (χ3n) is 4.25. The molecule has 128 valence electrons. The first kappa shape index (κ1) is 16.6. The predicted octanol–water partition coefficient (Wildman–Crippen LogP) is 3.87. The average molecular weight is 327 g/mol. The summed E-state index contributed by atoms with van der Waals surface area (Å²) in [6.45, 7) is 7.86. The molecule has 1 saturated heterocycles. The number of rotatable bonds is 6. The van der Waals surface area contributed by atoms with Crippen LogP contribution in [-0.4, -0.2) is 30.4 Å². The number of hydrogen-bond acceptors (Lipinski definition) is 4. The minimum Gasteiger partial charge on any atom is -0.455 e. The summed E-state index contributed by atoms with van der Waals surface area (Å²) < 4.78 is 5.73. The SMILES string of the molecule is CCNc1cc(C)ccc1NC(=O)c1ccc(CN2CCCC2)o1. The maximum atomic E-state index is 12.5. The number of nitrogens with one attached hydrogen (secondary N) is 2. The van der Waals surface area contributed by atoms with Crippen LogP contribution in [0, 0.1) is 6.92 Å². The highest BCUT2D eigenvalue weighted by Gasteiger charge is 2.17. The molecule has 2 heterocycles. The van der Waals surface area contributed by atoms with E-state index in [0.717, 1.165) is 48.9 Å². The molecule has 0 saturated carbocycles. The molecule has 2 aromatic rings. The Morgan fingerprint density at radius 3 is 2.71 bits per heavy atom. The summed E-state index contributed by atoms with van der Waals surface area (Å²) in [5.41, 5.74) is 2.84. The summed E-state index contributed by atoms with van der Waals surface area (Å²) in [6.07, 6.45) is 2.49. The second-order valence-corrected chi connectivity index (χ2v) is 6.28. The standard InChI is InChI=1S/C19H25N3O2/c1-3-20-17-12-14(2)6-8-16(17)21-19(23)18-9-7-15(24-18)13-22-10-4-5-11-22/h6-9,12,20H,3-5,10-11,13H2,1-2H3,(H,21,23). The topological polar surface area (TPSA) is 57.5 Å². The maximum absolute atomic E-state index is 12.5. The fourth-order valence-electron chi connectivity index (χ4n) is 3.03. The van der Waals surface area contributed by atoms with E-state index in [0.29, 0.717) is 5.76 Å². The van der Waals surface area contributed by atoms with Gasteiger partial charge in [0.05, 0.1) is 17.9 Å². The van der Waals surface area contributed by atoms with Gasteiger partial charge in [-0.2, -0.15) is 0 Å². The fourth-order valence-corrected chi connectivity index (χ4v) is 3.03. The zero-order valence-electron chi connectivity index (χ0n) is 14.4. The van der Waals surface area contributed by atoms with Crippen LogP contribution in [0.2, 0.25) is 0 Å². The lowest BCUT2D eigenvalue weighted by atomic mass is 10.2. The average Bonchev–Trinajstić information content (AvgIpc) is 3.22. The zero-order valence-corrected chi connectivity index (χ0v) is 14.4. The maximum Gasteiger partial charge on any atom is 0.291 e. The van der Waals surface area contributed by atoms with E-state index in [1.165, 1.54) is 12.8 Å². The second kappa shape index (κ2) is 7.53. The van der Waals surface area contributed by atoms with Gasteiger partial charge < -0.3 is 15.1 Å². The monoisotopic (exact) mass is 327 g/mol. The van der Waals surface area contributed by atoms with E-state index < -0.39 is 0 Å². The summed E-state index contributed by atoms with van der Waals surface area (Å²) in [5, 5.41) is 6.21. The molecule has 5 heteroatoms. The van der Waals surface area contributed by atoms with E-state index in [-0.39, 0.29) is 5.91 Å². The molecule has 0 spiro atoms. The highest BCUT2D eigenvalue weighted by Crippen LogP contribution is 2.24. The van der Waals surface area contributed by atoms with E-state index in [1.807, 2.05) is 38.1 Å². The van der Waals surface area contributed by atoms with Crippen molar-refractivity contribution < 1.29 is 9.21 Å². The smallest absolute Gasteiger partial charge is 0.291 e. The summed E-state index contributed by atoms with van der Waals surface area (Å²) in [4.78, 5) is 14.8. The molecule has 1 fully saturated rings. The van der Waals surface area contributed by atoms with Gasteiger partial charge in [0.1, 0.15) is 5.76 Å². The van der Waals surface area contributed by atoms with Crippen molar-refractivity contribution in [2.75, 3.05) is 30.3 Å². The number of amides is 1. The van der Waals surface area contributed by atoms with Crippen molar-refractivity contribution in [2.45, 2.75) is 33.2 Å². The van der Waals surface area contributed by atoms with E-state index in [1.54, 1.807) is 6.07 Å². The van der Waals surface area contributed by atoms with Crippen LogP contribution in [0.1, 0.15) is 41.6 Å². The minimum absolute atomic E-state index is 0.217. The number of benzene rings is 1. The number of likely N-dealkylation sites (tertiary alicyclic amines) is 1. The van der Waals surface area contributed by atoms with Crippen LogP contribution in [0.3, 0.4) is 0 Å². The Hall–Kier alpha value is -2.27. The Kier molecular flexibility index (Phi) is 5.20. The molecule has 0 aliphatic carbocycles. The Morgan fingerprint density at radius 1 is 1.17 bits per heavy atom. The summed E-state index contributed by atoms with van der Waals surface area (Å²) in [5.74, 6) is 0.982. The lowest BCUT2D eigenvalue weighted by molar-refractivity contribution is 0.0993. The highest BCUT2D eigenvalue weighted by molar-refractivity contribution is 6.04. The zero-order chi connectivity index (χ0) is 16.9. The first-order chi connectivity index (χ1) is 11.7.